The predicted molar refractivity (Wildman–Crippen MR) is 90.8 cm³/mol. The molecule has 0 radical (unpaired) electrons. The zero-order valence-electron chi connectivity index (χ0n) is 12.2. The third kappa shape index (κ3) is 3.63. The van der Waals surface area contributed by atoms with Crippen molar-refractivity contribution in [2.75, 3.05) is 19.5 Å². The van der Waals surface area contributed by atoms with Crippen LogP contribution in [0.2, 0.25) is 5.02 Å². The molecule has 2 aromatic carbocycles. The van der Waals surface area contributed by atoms with Gasteiger partial charge in [0.1, 0.15) is 0 Å². The molecule has 3 nitrogen and oxygen atoms in total. The van der Waals surface area contributed by atoms with E-state index in [2.05, 4.69) is 21.2 Å². The number of anilines is 1. The Hall–Kier alpha value is -1.39. The lowest BCUT2D eigenvalue weighted by Crippen LogP contribution is -2.04. The van der Waals surface area contributed by atoms with Crippen molar-refractivity contribution in [1.29, 1.82) is 0 Å². The quantitative estimate of drug-likeness (QED) is 0.800. The smallest absolute Gasteiger partial charge is 0.166 e. The lowest BCUT2D eigenvalue weighted by atomic mass is 10.1. The molecule has 0 bridgehead atoms. The van der Waals surface area contributed by atoms with Crippen LogP contribution in [-0.4, -0.2) is 14.2 Å². The zero-order chi connectivity index (χ0) is 15.4. The van der Waals surface area contributed by atoms with Gasteiger partial charge in [0.15, 0.2) is 11.5 Å². The molecular weight excluding hydrogens is 354 g/mol. The average Bonchev–Trinajstić information content (AvgIpc) is 2.49. The van der Waals surface area contributed by atoms with E-state index in [1.807, 2.05) is 37.3 Å². The molecule has 0 fully saturated rings. The summed E-state index contributed by atoms with van der Waals surface area (Å²) in [5, 5.41) is 4.09. The van der Waals surface area contributed by atoms with Gasteiger partial charge in [-0.15, -0.1) is 0 Å². The number of rotatable bonds is 5. The van der Waals surface area contributed by atoms with Crippen molar-refractivity contribution in [1.82, 2.24) is 0 Å². The SMILES string of the molecule is COc1ccc(Br)c(CNc2ccc(C)c(Cl)c2)c1OC. The third-order valence-electron chi connectivity index (χ3n) is 3.23. The molecular formula is C16H17BrClNO2. The van der Waals surface area contributed by atoms with Crippen molar-refractivity contribution in [2.24, 2.45) is 0 Å². The molecule has 0 unspecified atom stereocenters. The van der Waals surface area contributed by atoms with Gasteiger partial charge in [-0.2, -0.15) is 0 Å². The van der Waals surface area contributed by atoms with Crippen molar-refractivity contribution in [3.05, 3.63) is 51.0 Å². The minimum atomic E-state index is 0.598. The van der Waals surface area contributed by atoms with E-state index in [4.69, 9.17) is 21.1 Å². The topological polar surface area (TPSA) is 30.5 Å². The van der Waals surface area contributed by atoms with Gasteiger partial charge < -0.3 is 14.8 Å². The monoisotopic (exact) mass is 369 g/mol. The van der Waals surface area contributed by atoms with Crippen LogP contribution in [0.5, 0.6) is 11.5 Å². The Morgan fingerprint density at radius 2 is 1.90 bits per heavy atom. The second-order valence-electron chi connectivity index (χ2n) is 4.58. The molecule has 0 atom stereocenters. The van der Waals surface area contributed by atoms with E-state index >= 15 is 0 Å². The number of halogens is 2. The Bertz CT molecular complexity index is 646. The second-order valence-corrected chi connectivity index (χ2v) is 5.84. The van der Waals surface area contributed by atoms with Gasteiger partial charge in [-0.05, 0) is 36.8 Å². The van der Waals surface area contributed by atoms with Gasteiger partial charge in [0.25, 0.3) is 0 Å². The molecule has 0 aliphatic heterocycles. The molecule has 0 aliphatic carbocycles. The lowest BCUT2D eigenvalue weighted by molar-refractivity contribution is 0.351. The summed E-state index contributed by atoms with van der Waals surface area (Å²) in [5.41, 5.74) is 3.01. The lowest BCUT2D eigenvalue weighted by Gasteiger charge is -2.15. The normalized spacial score (nSPS) is 10.3. The first-order valence-corrected chi connectivity index (χ1v) is 7.63. The first kappa shape index (κ1) is 16.0. The van der Waals surface area contributed by atoms with E-state index in [1.165, 1.54) is 0 Å². The van der Waals surface area contributed by atoms with Crippen LogP contribution < -0.4 is 14.8 Å². The summed E-state index contributed by atoms with van der Waals surface area (Å²) in [6.45, 7) is 2.58. The van der Waals surface area contributed by atoms with E-state index in [9.17, 15) is 0 Å². The van der Waals surface area contributed by atoms with Crippen LogP contribution in [0.3, 0.4) is 0 Å². The molecule has 21 heavy (non-hydrogen) atoms. The van der Waals surface area contributed by atoms with Crippen LogP contribution in [0.4, 0.5) is 5.69 Å². The fourth-order valence-corrected chi connectivity index (χ4v) is 2.66. The molecule has 0 heterocycles. The van der Waals surface area contributed by atoms with Crippen LogP contribution >= 0.6 is 27.5 Å². The molecule has 112 valence electrons. The number of methoxy groups -OCH3 is 2. The fourth-order valence-electron chi connectivity index (χ4n) is 2.02. The Kier molecular flexibility index (Phi) is 5.37. The van der Waals surface area contributed by atoms with Crippen LogP contribution in [0.1, 0.15) is 11.1 Å². The number of hydrogen-bond donors (Lipinski definition) is 1. The fraction of sp³-hybridized carbons (Fsp3) is 0.250. The maximum Gasteiger partial charge on any atom is 0.166 e. The Morgan fingerprint density at radius 3 is 2.52 bits per heavy atom. The van der Waals surface area contributed by atoms with E-state index in [1.54, 1.807) is 14.2 Å². The Balaban J connectivity index is 2.24. The standard InChI is InChI=1S/C16H17BrClNO2/c1-10-4-5-11(8-14(10)18)19-9-12-13(17)6-7-15(20-2)16(12)21-3/h4-8,19H,9H2,1-3H3. The Morgan fingerprint density at radius 1 is 1.14 bits per heavy atom. The van der Waals surface area contributed by atoms with Crippen LogP contribution in [0.15, 0.2) is 34.8 Å². The summed E-state index contributed by atoms with van der Waals surface area (Å²) in [7, 11) is 3.26. The molecule has 0 spiro atoms. The van der Waals surface area contributed by atoms with Gasteiger partial charge in [-0.1, -0.05) is 33.6 Å². The molecule has 5 heteroatoms. The van der Waals surface area contributed by atoms with Crippen molar-refractivity contribution in [2.45, 2.75) is 13.5 Å². The highest BCUT2D eigenvalue weighted by atomic mass is 79.9. The minimum Gasteiger partial charge on any atom is -0.493 e. The summed E-state index contributed by atoms with van der Waals surface area (Å²) in [6, 6.07) is 9.72. The summed E-state index contributed by atoms with van der Waals surface area (Å²) >= 11 is 9.69. The summed E-state index contributed by atoms with van der Waals surface area (Å²) in [5.74, 6) is 1.43. The van der Waals surface area contributed by atoms with Gasteiger partial charge in [-0.3, -0.25) is 0 Å². The molecule has 0 saturated carbocycles. The van der Waals surface area contributed by atoms with Crippen molar-refractivity contribution < 1.29 is 9.47 Å². The first-order chi connectivity index (χ1) is 10.1. The van der Waals surface area contributed by atoms with Crippen LogP contribution in [0.25, 0.3) is 0 Å². The summed E-state index contributed by atoms with van der Waals surface area (Å²) < 4.78 is 11.7. The predicted octanol–water partition coefficient (Wildman–Crippen LogP) is 5.04. The minimum absolute atomic E-state index is 0.598. The molecule has 0 aliphatic rings. The molecule has 2 aromatic rings. The maximum absolute atomic E-state index is 6.14. The molecule has 0 amide bonds. The highest BCUT2D eigenvalue weighted by molar-refractivity contribution is 9.10. The van der Waals surface area contributed by atoms with Crippen molar-refractivity contribution >= 4 is 33.2 Å². The van der Waals surface area contributed by atoms with Gasteiger partial charge in [-0.25, -0.2) is 0 Å². The van der Waals surface area contributed by atoms with Gasteiger partial charge >= 0.3 is 0 Å². The van der Waals surface area contributed by atoms with E-state index in [-0.39, 0.29) is 0 Å². The molecule has 0 saturated heterocycles. The van der Waals surface area contributed by atoms with Gasteiger partial charge in [0, 0.05) is 27.3 Å². The van der Waals surface area contributed by atoms with E-state index in [0.29, 0.717) is 12.3 Å². The van der Waals surface area contributed by atoms with Crippen LogP contribution in [-0.2, 0) is 6.54 Å². The van der Waals surface area contributed by atoms with Crippen LogP contribution in [0, 0.1) is 6.92 Å². The first-order valence-electron chi connectivity index (χ1n) is 6.46. The molecule has 0 aromatic heterocycles. The third-order valence-corrected chi connectivity index (χ3v) is 4.38. The highest BCUT2D eigenvalue weighted by Gasteiger charge is 2.13. The van der Waals surface area contributed by atoms with E-state index in [0.717, 1.165) is 32.1 Å². The zero-order valence-corrected chi connectivity index (χ0v) is 14.5. The van der Waals surface area contributed by atoms with E-state index < -0.39 is 0 Å². The van der Waals surface area contributed by atoms with Gasteiger partial charge in [0.2, 0.25) is 0 Å². The van der Waals surface area contributed by atoms with Gasteiger partial charge in [0.05, 0.1) is 14.2 Å². The van der Waals surface area contributed by atoms with Crippen molar-refractivity contribution in [3.8, 4) is 11.5 Å². The Labute approximate surface area is 138 Å². The average molecular weight is 371 g/mol. The molecule has 2 rings (SSSR count). The number of hydrogen-bond acceptors (Lipinski definition) is 3. The number of nitrogens with one attached hydrogen (secondary N) is 1. The maximum atomic E-state index is 6.14. The van der Waals surface area contributed by atoms with Crippen molar-refractivity contribution in [3.63, 3.8) is 0 Å². The summed E-state index contributed by atoms with van der Waals surface area (Å²) in [6.07, 6.45) is 0. The number of aryl methyl sites for hydroxylation is 1. The second kappa shape index (κ2) is 7.05. The molecule has 1 N–H and O–H groups in total. The number of benzene rings is 2. The summed E-state index contributed by atoms with van der Waals surface area (Å²) in [4.78, 5) is 0. The largest absolute Gasteiger partial charge is 0.493 e. The number of ether oxygens (including phenoxy) is 2. The highest BCUT2D eigenvalue weighted by Crippen LogP contribution is 2.36.